The molecule has 2 amide bonds. The van der Waals surface area contributed by atoms with Gasteiger partial charge in [0.05, 0.1) is 18.2 Å². The number of urea groups is 1. The van der Waals surface area contributed by atoms with Crippen LogP contribution in [0.5, 0.6) is 0 Å². The molecular formula is C11H14N2O4S. The van der Waals surface area contributed by atoms with E-state index in [0.29, 0.717) is 11.6 Å². The molecular weight excluding hydrogens is 256 g/mol. The zero-order valence-corrected chi connectivity index (χ0v) is 10.5. The van der Waals surface area contributed by atoms with Gasteiger partial charge in [-0.15, -0.1) is 11.3 Å². The van der Waals surface area contributed by atoms with E-state index >= 15 is 0 Å². The Morgan fingerprint density at radius 1 is 1.50 bits per heavy atom. The Hall–Kier alpha value is -1.60. The second-order valence-corrected chi connectivity index (χ2v) is 4.90. The third-order valence-corrected chi connectivity index (χ3v) is 3.45. The van der Waals surface area contributed by atoms with Gasteiger partial charge in [-0.3, -0.25) is 5.32 Å². The fourth-order valence-electron chi connectivity index (χ4n) is 1.75. The van der Waals surface area contributed by atoms with Gasteiger partial charge in [-0.05, 0) is 24.3 Å². The van der Waals surface area contributed by atoms with Crippen molar-refractivity contribution in [3.05, 3.63) is 17.0 Å². The summed E-state index contributed by atoms with van der Waals surface area (Å²) in [4.78, 5) is 22.6. The van der Waals surface area contributed by atoms with Crippen molar-refractivity contribution < 1.29 is 19.4 Å². The van der Waals surface area contributed by atoms with Crippen LogP contribution < -0.4 is 10.6 Å². The topological polar surface area (TPSA) is 87.7 Å². The van der Waals surface area contributed by atoms with E-state index in [1.54, 1.807) is 5.38 Å². The molecule has 1 unspecified atom stereocenters. The molecule has 0 radical (unpaired) electrons. The van der Waals surface area contributed by atoms with Crippen molar-refractivity contribution in [3.8, 4) is 0 Å². The average Bonchev–Trinajstić information content (AvgIpc) is 2.78. The van der Waals surface area contributed by atoms with E-state index in [2.05, 4.69) is 10.6 Å². The van der Waals surface area contributed by atoms with Gasteiger partial charge in [0.25, 0.3) is 0 Å². The van der Waals surface area contributed by atoms with E-state index < -0.39 is 12.0 Å². The van der Waals surface area contributed by atoms with Crippen molar-refractivity contribution in [1.82, 2.24) is 5.32 Å². The monoisotopic (exact) mass is 270 g/mol. The predicted octanol–water partition coefficient (Wildman–Crippen LogP) is 1.75. The number of carboxylic acids is 1. The summed E-state index contributed by atoms with van der Waals surface area (Å²) in [5, 5.41) is 16.2. The molecule has 2 rings (SSSR count). The maximum absolute atomic E-state index is 11.7. The minimum atomic E-state index is -1.05. The number of hydrogen-bond donors (Lipinski definition) is 3. The normalized spacial score (nSPS) is 19.2. The third-order valence-electron chi connectivity index (χ3n) is 2.62. The molecule has 0 spiro atoms. The highest BCUT2D eigenvalue weighted by molar-refractivity contribution is 7.14. The standard InChI is InChI=1S/C11H14N2O4S/c14-10(15)8-3-5-18-9(8)13-11(16)12-7-2-1-4-17-6-7/h3,5,7H,1-2,4,6H2,(H,14,15)(H2,12,13,16). The molecule has 3 N–H and O–H groups in total. The molecule has 1 aliphatic heterocycles. The number of nitrogens with one attached hydrogen (secondary N) is 2. The number of anilines is 1. The molecule has 1 saturated heterocycles. The van der Waals surface area contributed by atoms with Gasteiger partial charge < -0.3 is 15.2 Å². The Kier molecular flexibility index (Phi) is 4.16. The largest absolute Gasteiger partial charge is 0.478 e. The first kappa shape index (κ1) is 12.8. The van der Waals surface area contributed by atoms with Crippen LogP contribution in [0.15, 0.2) is 11.4 Å². The van der Waals surface area contributed by atoms with Gasteiger partial charge in [-0.1, -0.05) is 0 Å². The summed E-state index contributed by atoms with van der Waals surface area (Å²) in [6.07, 6.45) is 1.80. The van der Waals surface area contributed by atoms with Crippen LogP contribution in [0.4, 0.5) is 9.80 Å². The molecule has 18 heavy (non-hydrogen) atoms. The van der Waals surface area contributed by atoms with E-state index in [9.17, 15) is 9.59 Å². The second-order valence-electron chi connectivity index (χ2n) is 3.98. The van der Waals surface area contributed by atoms with Crippen molar-refractivity contribution >= 4 is 28.3 Å². The van der Waals surface area contributed by atoms with E-state index in [4.69, 9.17) is 9.84 Å². The number of carbonyl (C=O) groups excluding carboxylic acids is 1. The lowest BCUT2D eigenvalue weighted by Gasteiger charge is -2.23. The molecule has 2 heterocycles. The molecule has 0 bridgehead atoms. The molecule has 98 valence electrons. The molecule has 1 aromatic heterocycles. The Balaban J connectivity index is 1.90. The molecule has 1 aliphatic rings. The van der Waals surface area contributed by atoms with Crippen LogP contribution in [0.2, 0.25) is 0 Å². The van der Waals surface area contributed by atoms with E-state index in [1.165, 1.54) is 17.4 Å². The van der Waals surface area contributed by atoms with Crippen molar-refractivity contribution in [2.45, 2.75) is 18.9 Å². The molecule has 0 aromatic carbocycles. The number of ether oxygens (including phenoxy) is 1. The zero-order chi connectivity index (χ0) is 13.0. The van der Waals surface area contributed by atoms with E-state index in [1.807, 2.05) is 0 Å². The number of thiophene rings is 1. The summed E-state index contributed by atoms with van der Waals surface area (Å²) in [6, 6.07) is 1.06. The SMILES string of the molecule is O=C(Nc1sccc1C(=O)O)NC1CCCOC1. The maximum atomic E-state index is 11.7. The highest BCUT2D eigenvalue weighted by Gasteiger charge is 2.18. The van der Waals surface area contributed by atoms with E-state index in [-0.39, 0.29) is 11.6 Å². The van der Waals surface area contributed by atoms with Gasteiger partial charge >= 0.3 is 12.0 Å². The van der Waals surface area contributed by atoms with Crippen molar-refractivity contribution in [2.24, 2.45) is 0 Å². The van der Waals surface area contributed by atoms with Crippen LogP contribution in [-0.4, -0.2) is 36.4 Å². The summed E-state index contributed by atoms with van der Waals surface area (Å²) >= 11 is 1.18. The minimum absolute atomic E-state index is 0.00742. The zero-order valence-electron chi connectivity index (χ0n) is 9.64. The number of amides is 2. The smallest absolute Gasteiger partial charge is 0.338 e. The number of carbonyl (C=O) groups is 2. The molecule has 1 atom stereocenters. The van der Waals surface area contributed by atoms with Gasteiger partial charge in [0.2, 0.25) is 0 Å². The van der Waals surface area contributed by atoms with Gasteiger partial charge in [0.1, 0.15) is 5.00 Å². The lowest BCUT2D eigenvalue weighted by atomic mass is 10.1. The van der Waals surface area contributed by atoms with E-state index in [0.717, 1.165) is 19.4 Å². The van der Waals surface area contributed by atoms with Crippen LogP contribution in [-0.2, 0) is 4.74 Å². The molecule has 7 heteroatoms. The fraction of sp³-hybridized carbons (Fsp3) is 0.455. The lowest BCUT2D eigenvalue weighted by molar-refractivity contribution is 0.0698. The van der Waals surface area contributed by atoms with Crippen LogP contribution in [0, 0.1) is 0 Å². The first-order valence-electron chi connectivity index (χ1n) is 5.63. The summed E-state index contributed by atoms with van der Waals surface area (Å²) in [5.41, 5.74) is 0.107. The number of aromatic carboxylic acids is 1. The summed E-state index contributed by atoms with van der Waals surface area (Å²) in [5.74, 6) is -1.05. The number of rotatable bonds is 3. The summed E-state index contributed by atoms with van der Waals surface area (Å²) in [7, 11) is 0. The Morgan fingerprint density at radius 2 is 2.33 bits per heavy atom. The quantitative estimate of drug-likeness (QED) is 0.780. The average molecular weight is 270 g/mol. The first-order valence-corrected chi connectivity index (χ1v) is 6.51. The van der Waals surface area contributed by atoms with Crippen molar-refractivity contribution in [3.63, 3.8) is 0 Å². The predicted molar refractivity (Wildman–Crippen MR) is 67.3 cm³/mol. The van der Waals surface area contributed by atoms with Crippen molar-refractivity contribution in [1.29, 1.82) is 0 Å². The van der Waals surface area contributed by atoms with Gasteiger partial charge in [-0.2, -0.15) is 0 Å². The number of hydrogen-bond acceptors (Lipinski definition) is 4. The van der Waals surface area contributed by atoms with Crippen molar-refractivity contribution in [2.75, 3.05) is 18.5 Å². The van der Waals surface area contributed by atoms with Gasteiger partial charge in [0.15, 0.2) is 0 Å². The molecule has 1 aromatic rings. The molecule has 1 fully saturated rings. The Bertz CT molecular complexity index is 440. The highest BCUT2D eigenvalue weighted by Crippen LogP contribution is 2.23. The molecule has 0 saturated carbocycles. The first-order chi connectivity index (χ1) is 8.66. The van der Waals surface area contributed by atoms with Crippen LogP contribution in [0.25, 0.3) is 0 Å². The Labute approximate surface area is 108 Å². The summed E-state index contributed by atoms with van der Waals surface area (Å²) < 4.78 is 5.25. The van der Waals surface area contributed by atoms with Crippen LogP contribution >= 0.6 is 11.3 Å². The van der Waals surface area contributed by atoms with Gasteiger partial charge in [-0.25, -0.2) is 9.59 Å². The minimum Gasteiger partial charge on any atom is -0.478 e. The Morgan fingerprint density at radius 3 is 3.00 bits per heavy atom. The van der Waals surface area contributed by atoms with Crippen LogP contribution in [0.3, 0.4) is 0 Å². The second kappa shape index (κ2) is 5.83. The number of carboxylic acid groups (broad SMARTS) is 1. The highest BCUT2D eigenvalue weighted by atomic mass is 32.1. The van der Waals surface area contributed by atoms with Gasteiger partial charge in [0, 0.05) is 6.61 Å². The fourth-order valence-corrected chi connectivity index (χ4v) is 2.53. The summed E-state index contributed by atoms with van der Waals surface area (Å²) in [6.45, 7) is 1.23. The molecule has 6 nitrogen and oxygen atoms in total. The third kappa shape index (κ3) is 3.21. The lowest BCUT2D eigenvalue weighted by Crippen LogP contribution is -2.42. The maximum Gasteiger partial charge on any atom is 0.338 e. The van der Waals surface area contributed by atoms with Crippen LogP contribution in [0.1, 0.15) is 23.2 Å². The molecule has 0 aliphatic carbocycles.